The minimum atomic E-state index is -0.919. The molecule has 0 heterocycles. The van der Waals surface area contributed by atoms with Crippen molar-refractivity contribution in [3.63, 3.8) is 0 Å². The number of carboxylic acid groups (broad SMARTS) is 1. The highest BCUT2D eigenvalue weighted by Crippen LogP contribution is 2.25. The Labute approximate surface area is 109 Å². The van der Waals surface area contributed by atoms with Crippen LogP contribution < -0.4 is 0 Å². The molecule has 0 aromatic carbocycles. The lowest BCUT2D eigenvalue weighted by Crippen LogP contribution is -2.44. The number of rotatable bonds is 5. The van der Waals surface area contributed by atoms with E-state index in [1.165, 1.54) is 12.8 Å². The predicted octanol–water partition coefficient (Wildman–Crippen LogP) is 2.67. The first kappa shape index (κ1) is 15.0. The number of nitrogens with zero attached hydrogens (tertiary/aromatic N) is 1. The van der Waals surface area contributed by atoms with E-state index in [0.29, 0.717) is 0 Å². The van der Waals surface area contributed by atoms with E-state index in [-0.39, 0.29) is 24.4 Å². The van der Waals surface area contributed by atoms with Crippen molar-refractivity contribution in [2.24, 2.45) is 5.92 Å². The normalized spacial score (nSPS) is 19.0. The van der Waals surface area contributed by atoms with Crippen molar-refractivity contribution in [2.75, 3.05) is 6.54 Å². The Kier molecular flexibility index (Phi) is 6.16. The lowest BCUT2D eigenvalue weighted by Gasteiger charge is -2.30. The smallest absolute Gasteiger partial charge is 0.323 e. The minimum Gasteiger partial charge on any atom is -0.480 e. The molecule has 0 radical (unpaired) electrons. The highest BCUT2D eigenvalue weighted by Gasteiger charge is 2.28. The highest BCUT2D eigenvalue weighted by molar-refractivity contribution is 5.83. The van der Waals surface area contributed by atoms with Crippen LogP contribution in [0.25, 0.3) is 0 Å². The molecule has 1 aliphatic carbocycles. The molecule has 1 aliphatic rings. The van der Waals surface area contributed by atoms with E-state index < -0.39 is 5.97 Å². The van der Waals surface area contributed by atoms with E-state index in [1.54, 1.807) is 4.90 Å². The maximum absolute atomic E-state index is 12.4. The van der Waals surface area contributed by atoms with Crippen LogP contribution in [0.5, 0.6) is 0 Å². The number of carboxylic acids is 1. The molecule has 1 rings (SSSR count). The SMILES string of the molecule is CCC(C)N(CC(=O)O)C(=O)C1CCCCCC1. The Bertz CT molecular complexity index is 283. The summed E-state index contributed by atoms with van der Waals surface area (Å²) in [5, 5.41) is 8.94. The molecule has 1 amide bonds. The van der Waals surface area contributed by atoms with Gasteiger partial charge in [0.1, 0.15) is 6.54 Å². The summed E-state index contributed by atoms with van der Waals surface area (Å²) in [4.78, 5) is 24.9. The van der Waals surface area contributed by atoms with Crippen LogP contribution in [0.2, 0.25) is 0 Å². The second kappa shape index (κ2) is 7.39. The minimum absolute atomic E-state index is 0.0110. The molecule has 0 spiro atoms. The van der Waals surface area contributed by atoms with Gasteiger partial charge in [0.15, 0.2) is 0 Å². The van der Waals surface area contributed by atoms with Gasteiger partial charge in [0.25, 0.3) is 0 Å². The Morgan fingerprint density at radius 1 is 1.22 bits per heavy atom. The molecule has 1 unspecified atom stereocenters. The van der Waals surface area contributed by atoms with Gasteiger partial charge in [0.05, 0.1) is 0 Å². The van der Waals surface area contributed by atoms with Crippen molar-refractivity contribution >= 4 is 11.9 Å². The van der Waals surface area contributed by atoms with Gasteiger partial charge in [-0.15, -0.1) is 0 Å². The molecule has 1 N–H and O–H groups in total. The third kappa shape index (κ3) is 4.31. The fourth-order valence-corrected chi connectivity index (χ4v) is 2.58. The molecule has 0 aliphatic heterocycles. The first-order chi connectivity index (χ1) is 8.56. The second-order valence-corrected chi connectivity index (χ2v) is 5.31. The topological polar surface area (TPSA) is 57.6 Å². The van der Waals surface area contributed by atoms with Gasteiger partial charge in [-0.05, 0) is 26.2 Å². The van der Waals surface area contributed by atoms with Crippen LogP contribution >= 0.6 is 0 Å². The summed E-state index contributed by atoms with van der Waals surface area (Å²) in [6.45, 7) is 3.75. The van der Waals surface area contributed by atoms with E-state index in [1.807, 2.05) is 13.8 Å². The zero-order valence-electron chi connectivity index (χ0n) is 11.5. The van der Waals surface area contributed by atoms with Crippen LogP contribution in [0.3, 0.4) is 0 Å². The van der Waals surface area contributed by atoms with Crippen molar-refractivity contribution in [1.82, 2.24) is 4.90 Å². The molecule has 4 heteroatoms. The molecule has 0 bridgehead atoms. The molecular formula is C14H25NO3. The van der Waals surface area contributed by atoms with E-state index >= 15 is 0 Å². The number of carbonyl (C=O) groups is 2. The van der Waals surface area contributed by atoms with Crippen molar-refractivity contribution in [3.05, 3.63) is 0 Å². The number of hydrogen-bond acceptors (Lipinski definition) is 2. The van der Waals surface area contributed by atoms with Crippen LogP contribution in [-0.2, 0) is 9.59 Å². The average Bonchev–Trinajstić information content (AvgIpc) is 2.62. The molecule has 0 aromatic rings. The first-order valence-electron chi connectivity index (χ1n) is 7.08. The summed E-state index contributed by atoms with van der Waals surface area (Å²) < 4.78 is 0. The number of hydrogen-bond donors (Lipinski definition) is 1. The van der Waals surface area contributed by atoms with Gasteiger partial charge in [0.2, 0.25) is 5.91 Å². The average molecular weight is 255 g/mol. The zero-order valence-corrected chi connectivity index (χ0v) is 11.5. The summed E-state index contributed by atoms with van der Waals surface area (Å²) >= 11 is 0. The van der Waals surface area contributed by atoms with Crippen LogP contribution in [0.1, 0.15) is 58.8 Å². The molecule has 1 fully saturated rings. The number of amides is 1. The molecule has 0 aromatic heterocycles. The maximum atomic E-state index is 12.4. The highest BCUT2D eigenvalue weighted by atomic mass is 16.4. The molecule has 104 valence electrons. The second-order valence-electron chi connectivity index (χ2n) is 5.31. The van der Waals surface area contributed by atoms with Crippen LogP contribution in [0, 0.1) is 5.92 Å². The van der Waals surface area contributed by atoms with Gasteiger partial charge in [-0.1, -0.05) is 32.6 Å². The summed E-state index contributed by atoms with van der Waals surface area (Å²) in [5.41, 5.74) is 0. The van der Waals surface area contributed by atoms with E-state index in [2.05, 4.69) is 0 Å². The summed E-state index contributed by atoms with van der Waals surface area (Å²) in [5.74, 6) is -0.827. The van der Waals surface area contributed by atoms with Crippen LogP contribution in [0.4, 0.5) is 0 Å². The van der Waals surface area contributed by atoms with E-state index in [0.717, 1.165) is 32.1 Å². The number of carbonyl (C=O) groups excluding carboxylic acids is 1. The number of aliphatic carboxylic acids is 1. The molecule has 1 saturated carbocycles. The molecule has 0 saturated heterocycles. The lowest BCUT2D eigenvalue weighted by molar-refractivity contribution is -0.148. The third-order valence-electron chi connectivity index (χ3n) is 3.92. The van der Waals surface area contributed by atoms with Crippen molar-refractivity contribution in [3.8, 4) is 0 Å². The molecular weight excluding hydrogens is 230 g/mol. The predicted molar refractivity (Wildman–Crippen MR) is 70.3 cm³/mol. The van der Waals surface area contributed by atoms with Gasteiger partial charge < -0.3 is 10.0 Å². The first-order valence-corrected chi connectivity index (χ1v) is 7.08. The van der Waals surface area contributed by atoms with Crippen LogP contribution in [-0.4, -0.2) is 34.5 Å². The van der Waals surface area contributed by atoms with Crippen molar-refractivity contribution < 1.29 is 14.7 Å². The maximum Gasteiger partial charge on any atom is 0.323 e. The fourth-order valence-electron chi connectivity index (χ4n) is 2.58. The van der Waals surface area contributed by atoms with Gasteiger partial charge >= 0.3 is 5.97 Å². The summed E-state index contributed by atoms with van der Waals surface area (Å²) in [7, 11) is 0. The van der Waals surface area contributed by atoms with Gasteiger partial charge in [-0.2, -0.15) is 0 Å². The molecule has 1 atom stereocenters. The Hall–Kier alpha value is -1.06. The van der Waals surface area contributed by atoms with Crippen molar-refractivity contribution in [1.29, 1.82) is 0 Å². The summed E-state index contributed by atoms with van der Waals surface area (Å²) in [6, 6.07) is 0.0110. The van der Waals surface area contributed by atoms with Gasteiger partial charge in [-0.25, -0.2) is 0 Å². The fraction of sp³-hybridized carbons (Fsp3) is 0.857. The summed E-state index contributed by atoms with van der Waals surface area (Å²) in [6.07, 6.45) is 7.23. The van der Waals surface area contributed by atoms with Gasteiger partial charge in [-0.3, -0.25) is 9.59 Å². The quantitative estimate of drug-likeness (QED) is 0.768. The largest absolute Gasteiger partial charge is 0.480 e. The molecule has 18 heavy (non-hydrogen) atoms. The standard InChI is InChI=1S/C14H25NO3/c1-3-11(2)15(10-13(16)17)14(18)12-8-6-4-5-7-9-12/h11-12H,3-10H2,1-2H3,(H,16,17). The van der Waals surface area contributed by atoms with E-state index in [4.69, 9.17) is 5.11 Å². The van der Waals surface area contributed by atoms with Gasteiger partial charge in [0, 0.05) is 12.0 Å². The van der Waals surface area contributed by atoms with E-state index in [9.17, 15) is 9.59 Å². The third-order valence-corrected chi connectivity index (χ3v) is 3.92. The Morgan fingerprint density at radius 3 is 2.22 bits per heavy atom. The van der Waals surface area contributed by atoms with Crippen molar-refractivity contribution in [2.45, 2.75) is 64.8 Å². The molecule has 4 nitrogen and oxygen atoms in total. The Morgan fingerprint density at radius 2 is 1.78 bits per heavy atom. The monoisotopic (exact) mass is 255 g/mol. The van der Waals surface area contributed by atoms with Crippen LogP contribution in [0.15, 0.2) is 0 Å². The lowest BCUT2D eigenvalue weighted by atomic mass is 9.97. The zero-order chi connectivity index (χ0) is 13.5. The Balaban J connectivity index is 2.69.